The number of hydrogen-bond acceptors (Lipinski definition) is 3. The number of carbonyl (C=O) groups is 1. The van der Waals surface area contributed by atoms with E-state index in [1.165, 1.54) is 7.11 Å². The van der Waals surface area contributed by atoms with Gasteiger partial charge >= 0.3 is 6.09 Å². The lowest BCUT2D eigenvalue weighted by molar-refractivity contribution is 0.0384. The lowest BCUT2D eigenvalue weighted by Gasteiger charge is -2.35. The first-order valence-electron chi connectivity index (χ1n) is 4.45. The number of piperidine rings is 1. The largest absolute Gasteiger partial charge is 0.453 e. The van der Waals surface area contributed by atoms with Gasteiger partial charge in [-0.1, -0.05) is 12.2 Å². The number of ether oxygens (including phenoxy) is 1. The van der Waals surface area contributed by atoms with Crippen molar-refractivity contribution >= 4 is 6.09 Å². The quantitative estimate of drug-likeness (QED) is 0.557. The predicted molar refractivity (Wildman–Crippen MR) is 46.2 cm³/mol. The van der Waals surface area contributed by atoms with Gasteiger partial charge in [0.2, 0.25) is 0 Å². The maximum atomic E-state index is 11.3. The third-order valence-corrected chi connectivity index (χ3v) is 2.68. The Hall–Kier alpha value is -1.03. The van der Waals surface area contributed by atoms with Gasteiger partial charge in [0.1, 0.15) is 0 Å². The average Bonchev–Trinajstić information content (AvgIpc) is 2.37. The van der Waals surface area contributed by atoms with Crippen LogP contribution in [0.5, 0.6) is 0 Å². The second kappa shape index (κ2) is 3.03. The first-order chi connectivity index (χ1) is 6.22. The van der Waals surface area contributed by atoms with Crippen molar-refractivity contribution in [2.75, 3.05) is 7.11 Å². The summed E-state index contributed by atoms with van der Waals surface area (Å²) >= 11 is 0. The Morgan fingerprint density at radius 2 is 2.00 bits per heavy atom. The van der Waals surface area contributed by atoms with Crippen molar-refractivity contribution in [3.8, 4) is 0 Å². The molecule has 72 valence electrons. The molecule has 2 rings (SSSR count). The van der Waals surface area contributed by atoms with Crippen molar-refractivity contribution < 1.29 is 14.6 Å². The summed E-state index contributed by atoms with van der Waals surface area (Å²) in [5.41, 5.74) is 0. The van der Waals surface area contributed by atoms with Gasteiger partial charge in [-0.05, 0) is 12.8 Å². The minimum atomic E-state index is -0.299. The highest BCUT2D eigenvalue weighted by Gasteiger charge is 2.39. The van der Waals surface area contributed by atoms with E-state index in [0.717, 1.165) is 0 Å². The van der Waals surface area contributed by atoms with Crippen LogP contribution in [0.25, 0.3) is 0 Å². The summed E-state index contributed by atoms with van der Waals surface area (Å²) in [4.78, 5) is 13.0. The number of carbonyl (C=O) groups excluding carboxylic acids is 1. The number of hydrogen-bond donors (Lipinski definition) is 1. The maximum Gasteiger partial charge on any atom is 0.410 e. The summed E-state index contributed by atoms with van der Waals surface area (Å²) in [6.45, 7) is 0. The molecule has 2 aliphatic heterocycles. The predicted octanol–water partition coefficient (Wildman–Crippen LogP) is 0.516. The van der Waals surface area contributed by atoms with Crippen LogP contribution in [0.15, 0.2) is 12.2 Å². The summed E-state index contributed by atoms with van der Waals surface area (Å²) in [6, 6.07) is 0.0578. The van der Waals surface area contributed by atoms with E-state index >= 15 is 0 Å². The standard InChI is InChI=1S/C9H13NO3/c1-13-9(12)10-6-2-3-7(10)5-8(11)4-6/h2-3,6-8,11H,4-5H2,1H3/t6-,7?,8+/m0/s1. The molecule has 13 heavy (non-hydrogen) atoms. The van der Waals surface area contributed by atoms with Gasteiger partial charge in [-0.3, -0.25) is 4.90 Å². The molecule has 4 heteroatoms. The van der Waals surface area contributed by atoms with Gasteiger partial charge in [-0.15, -0.1) is 0 Å². The van der Waals surface area contributed by atoms with E-state index in [9.17, 15) is 9.90 Å². The van der Waals surface area contributed by atoms with Gasteiger partial charge in [-0.25, -0.2) is 4.79 Å². The highest BCUT2D eigenvalue weighted by molar-refractivity contribution is 5.70. The summed E-state index contributed by atoms with van der Waals surface area (Å²) in [7, 11) is 1.38. The number of methoxy groups -OCH3 is 1. The molecule has 1 fully saturated rings. The van der Waals surface area contributed by atoms with Gasteiger partial charge in [0.15, 0.2) is 0 Å². The Balaban J connectivity index is 2.13. The normalized spacial score (nSPS) is 36.5. The molecule has 0 spiro atoms. The molecule has 0 saturated carbocycles. The van der Waals surface area contributed by atoms with E-state index in [1.54, 1.807) is 4.90 Å². The first-order valence-corrected chi connectivity index (χ1v) is 4.45. The first kappa shape index (κ1) is 8.56. The van der Waals surface area contributed by atoms with E-state index in [-0.39, 0.29) is 24.3 Å². The number of amides is 1. The Morgan fingerprint density at radius 1 is 1.46 bits per heavy atom. The molecule has 3 atom stereocenters. The van der Waals surface area contributed by atoms with Gasteiger partial charge in [0, 0.05) is 0 Å². The zero-order valence-corrected chi connectivity index (χ0v) is 7.51. The summed E-state index contributed by atoms with van der Waals surface area (Å²) in [6.07, 6.45) is 4.61. The van der Waals surface area contributed by atoms with Crippen LogP contribution in [-0.4, -0.2) is 41.4 Å². The Bertz CT molecular complexity index is 235. The third kappa shape index (κ3) is 1.31. The zero-order chi connectivity index (χ0) is 9.42. The van der Waals surface area contributed by atoms with E-state index in [1.807, 2.05) is 12.2 Å². The molecule has 2 aliphatic rings. The smallest absolute Gasteiger partial charge is 0.410 e. The molecule has 2 bridgehead atoms. The Kier molecular flexibility index (Phi) is 2.00. The molecule has 0 aliphatic carbocycles. The molecule has 0 aromatic rings. The summed E-state index contributed by atoms with van der Waals surface area (Å²) in [5.74, 6) is 0. The van der Waals surface area contributed by atoms with Crippen molar-refractivity contribution in [2.24, 2.45) is 0 Å². The second-order valence-corrected chi connectivity index (χ2v) is 3.52. The van der Waals surface area contributed by atoms with Gasteiger partial charge in [0.05, 0.1) is 25.3 Å². The van der Waals surface area contributed by atoms with Gasteiger partial charge in [-0.2, -0.15) is 0 Å². The van der Waals surface area contributed by atoms with E-state index in [4.69, 9.17) is 0 Å². The minimum Gasteiger partial charge on any atom is -0.453 e. The van der Waals surface area contributed by atoms with Crippen LogP contribution in [0.2, 0.25) is 0 Å². The van der Waals surface area contributed by atoms with Crippen LogP contribution >= 0.6 is 0 Å². The van der Waals surface area contributed by atoms with Gasteiger partial charge in [0.25, 0.3) is 0 Å². The van der Waals surface area contributed by atoms with Crippen LogP contribution < -0.4 is 0 Å². The van der Waals surface area contributed by atoms with Crippen LogP contribution in [0.3, 0.4) is 0 Å². The summed E-state index contributed by atoms with van der Waals surface area (Å²) in [5, 5.41) is 9.44. The highest BCUT2D eigenvalue weighted by Crippen LogP contribution is 2.30. The van der Waals surface area contributed by atoms with E-state index < -0.39 is 0 Å². The summed E-state index contributed by atoms with van der Waals surface area (Å²) < 4.78 is 4.67. The molecule has 1 saturated heterocycles. The van der Waals surface area contributed by atoms with E-state index in [0.29, 0.717) is 12.8 Å². The highest BCUT2D eigenvalue weighted by atomic mass is 16.5. The monoisotopic (exact) mass is 183 g/mol. The van der Waals surface area contributed by atoms with Crippen LogP contribution in [0.4, 0.5) is 4.79 Å². The van der Waals surface area contributed by atoms with Crippen molar-refractivity contribution in [2.45, 2.75) is 31.0 Å². The van der Waals surface area contributed by atoms with E-state index in [2.05, 4.69) is 4.74 Å². The van der Waals surface area contributed by atoms with Crippen molar-refractivity contribution in [3.63, 3.8) is 0 Å². The fourth-order valence-corrected chi connectivity index (χ4v) is 2.10. The molecular formula is C9H13NO3. The Morgan fingerprint density at radius 3 is 2.46 bits per heavy atom. The number of fused-ring (bicyclic) bond motifs is 2. The molecule has 0 aromatic heterocycles. The second-order valence-electron chi connectivity index (χ2n) is 3.52. The third-order valence-electron chi connectivity index (χ3n) is 2.68. The minimum absolute atomic E-state index is 0.0289. The number of aliphatic hydroxyl groups excluding tert-OH is 1. The van der Waals surface area contributed by atoms with Gasteiger partial charge < -0.3 is 9.84 Å². The van der Waals surface area contributed by atoms with Crippen molar-refractivity contribution in [3.05, 3.63) is 12.2 Å². The molecular weight excluding hydrogens is 170 g/mol. The number of rotatable bonds is 0. The molecule has 1 unspecified atom stereocenters. The molecule has 0 radical (unpaired) electrons. The number of nitrogens with zero attached hydrogens (tertiary/aromatic N) is 1. The SMILES string of the molecule is COC(=O)N1C2C=C[C@H]1C[C@@H](O)C2. The zero-order valence-electron chi connectivity index (χ0n) is 7.51. The molecule has 0 aromatic carbocycles. The molecule has 4 nitrogen and oxygen atoms in total. The van der Waals surface area contributed by atoms with Crippen molar-refractivity contribution in [1.82, 2.24) is 4.90 Å². The van der Waals surface area contributed by atoms with Crippen molar-refractivity contribution in [1.29, 1.82) is 0 Å². The van der Waals surface area contributed by atoms with Crippen LogP contribution in [0, 0.1) is 0 Å². The molecule has 2 heterocycles. The number of aliphatic hydroxyl groups is 1. The average molecular weight is 183 g/mol. The van der Waals surface area contributed by atoms with Crippen LogP contribution in [-0.2, 0) is 4.74 Å². The maximum absolute atomic E-state index is 11.3. The Labute approximate surface area is 76.8 Å². The molecule has 1 amide bonds. The topological polar surface area (TPSA) is 49.8 Å². The fourth-order valence-electron chi connectivity index (χ4n) is 2.10. The fraction of sp³-hybridized carbons (Fsp3) is 0.667. The lowest BCUT2D eigenvalue weighted by atomic mass is 10.00. The van der Waals surface area contributed by atoms with Crippen LogP contribution in [0.1, 0.15) is 12.8 Å². The lowest BCUT2D eigenvalue weighted by Crippen LogP contribution is -2.48. The molecule has 1 N–H and O–H groups in total.